The molecular formula is C23H29NO5. The first-order valence-corrected chi connectivity index (χ1v) is 10.7. The molecule has 2 N–H and O–H groups in total. The minimum absolute atomic E-state index is 0.00453. The average Bonchev–Trinajstić information content (AvgIpc) is 3.12. The zero-order chi connectivity index (χ0) is 20.8. The lowest BCUT2D eigenvalue weighted by atomic mass is 9.46. The van der Waals surface area contributed by atoms with Crippen LogP contribution in [0.1, 0.15) is 46.5 Å². The molecule has 8 atom stereocenters. The summed E-state index contributed by atoms with van der Waals surface area (Å²) in [6.07, 6.45) is 7.20. The van der Waals surface area contributed by atoms with E-state index in [1.54, 1.807) is 19.1 Å². The van der Waals surface area contributed by atoms with E-state index in [-0.39, 0.29) is 40.8 Å². The van der Waals surface area contributed by atoms with Crippen LogP contribution in [-0.4, -0.2) is 52.0 Å². The number of aliphatic hydroxyl groups excluding tert-OH is 2. The van der Waals surface area contributed by atoms with Gasteiger partial charge in [0.15, 0.2) is 23.0 Å². The number of hydrogen-bond donors (Lipinski definition) is 2. The van der Waals surface area contributed by atoms with Crippen molar-refractivity contribution in [2.45, 2.75) is 64.2 Å². The van der Waals surface area contributed by atoms with E-state index in [4.69, 9.17) is 9.73 Å². The molecule has 156 valence electrons. The van der Waals surface area contributed by atoms with Crippen LogP contribution in [0.4, 0.5) is 0 Å². The summed E-state index contributed by atoms with van der Waals surface area (Å²) in [5.41, 5.74) is -0.915. The van der Waals surface area contributed by atoms with Crippen molar-refractivity contribution in [2.24, 2.45) is 33.6 Å². The van der Waals surface area contributed by atoms with Gasteiger partial charge in [-0.25, -0.2) is 4.99 Å². The molecule has 5 rings (SSSR count). The summed E-state index contributed by atoms with van der Waals surface area (Å²) < 4.78 is 6.00. The Kier molecular flexibility index (Phi) is 3.89. The monoisotopic (exact) mass is 399 g/mol. The molecule has 3 fully saturated rings. The normalized spacial score (nSPS) is 50.0. The van der Waals surface area contributed by atoms with Crippen molar-refractivity contribution in [1.82, 2.24) is 0 Å². The van der Waals surface area contributed by atoms with Gasteiger partial charge in [0.25, 0.3) is 0 Å². The Balaban J connectivity index is 1.61. The lowest BCUT2D eigenvalue weighted by Crippen LogP contribution is -2.62. The number of carbonyl (C=O) groups is 2. The van der Waals surface area contributed by atoms with E-state index in [0.29, 0.717) is 18.7 Å². The van der Waals surface area contributed by atoms with Gasteiger partial charge in [0, 0.05) is 23.7 Å². The molecule has 1 aliphatic heterocycles. The molecule has 0 spiro atoms. The largest absolute Gasteiger partial charge is 0.475 e. The molecule has 6 nitrogen and oxygen atoms in total. The summed E-state index contributed by atoms with van der Waals surface area (Å²) >= 11 is 0. The minimum Gasteiger partial charge on any atom is -0.475 e. The number of hydrogen-bond acceptors (Lipinski definition) is 6. The minimum atomic E-state index is -1.11. The van der Waals surface area contributed by atoms with Gasteiger partial charge in [-0.1, -0.05) is 25.5 Å². The zero-order valence-corrected chi connectivity index (χ0v) is 17.2. The van der Waals surface area contributed by atoms with E-state index in [1.807, 2.05) is 6.08 Å². The Morgan fingerprint density at radius 1 is 1.38 bits per heavy atom. The summed E-state index contributed by atoms with van der Waals surface area (Å²) in [5, 5.41) is 21.2. The Morgan fingerprint density at radius 2 is 2.14 bits per heavy atom. The number of rotatable bonds is 2. The molecule has 4 aliphatic carbocycles. The Labute approximate surface area is 170 Å². The number of aliphatic hydroxyl groups is 2. The number of nitrogens with zero attached hydrogens (tertiary/aromatic N) is 1. The van der Waals surface area contributed by atoms with Gasteiger partial charge in [-0.15, -0.1) is 0 Å². The molecule has 5 aliphatic rings. The highest BCUT2D eigenvalue weighted by Gasteiger charge is 2.74. The molecular weight excluding hydrogens is 370 g/mol. The van der Waals surface area contributed by atoms with E-state index in [0.717, 1.165) is 18.4 Å². The Morgan fingerprint density at radius 3 is 2.86 bits per heavy atom. The second-order valence-electron chi connectivity index (χ2n) is 10.0. The van der Waals surface area contributed by atoms with Crippen LogP contribution in [0.2, 0.25) is 0 Å². The fourth-order valence-corrected chi connectivity index (χ4v) is 7.81. The second-order valence-corrected chi connectivity index (χ2v) is 10.0. The average molecular weight is 399 g/mol. The van der Waals surface area contributed by atoms with Gasteiger partial charge < -0.3 is 14.9 Å². The number of fused-ring (bicyclic) bond motifs is 7. The van der Waals surface area contributed by atoms with Crippen LogP contribution >= 0.6 is 0 Å². The summed E-state index contributed by atoms with van der Waals surface area (Å²) in [5.74, 6) is 0.570. The van der Waals surface area contributed by atoms with Crippen LogP contribution in [0, 0.1) is 28.6 Å². The van der Waals surface area contributed by atoms with Crippen molar-refractivity contribution < 1.29 is 24.5 Å². The molecule has 0 aromatic heterocycles. The van der Waals surface area contributed by atoms with Crippen LogP contribution in [0.25, 0.3) is 0 Å². The van der Waals surface area contributed by atoms with E-state index in [2.05, 4.69) is 13.8 Å². The van der Waals surface area contributed by atoms with Crippen LogP contribution in [0.5, 0.6) is 0 Å². The van der Waals surface area contributed by atoms with Crippen molar-refractivity contribution in [3.63, 3.8) is 0 Å². The highest BCUT2D eigenvalue weighted by molar-refractivity contribution is 6.01. The van der Waals surface area contributed by atoms with Gasteiger partial charge in [-0.05, 0) is 49.7 Å². The quantitative estimate of drug-likeness (QED) is 0.740. The van der Waals surface area contributed by atoms with Gasteiger partial charge in [0.05, 0.1) is 6.10 Å². The number of allylic oxidation sites excluding steroid dienone is 4. The number of ketones is 2. The summed E-state index contributed by atoms with van der Waals surface area (Å²) in [6.45, 7) is 5.38. The summed E-state index contributed by atoms with van der Waals surface area (Å²) in [4.78, 5) is 29.7. The first-order valence-electron chi connectivity index (χ1n) is 10.7. The topological polar surface area (TPSA) is 96.2 Å². The van der Waals surface area contributed by atoms with E-state index >= 15 is 0 Å². The molecule has 29 heavy (non-hydrogen) atoms. The summed E-state index contributed by atoms with van der Waals surface area (Å²) in [7, 11) is 0. The molecule has 0 aromatic carbocycles. The Hall–Kier alpha value is -1.79. The predicted molar refractivity (Wildman–Crippen MR) is 106 cm³/mol. The van der Waals surface area contributed by atoms with Crippen molar-refractivity contribution in [2.75, 3.05) is 6.61 Å². The molecule has 2 unspecified atom stereocenters. The van der Waals surface area contributed by atoms with Gasteiger partial charge in [-0.2, -0.15) is 0 Å². The second kappa shape index (κ2) is 5.88. The van der Waals surface area contributed by atoms with Gasteiger partial charge in [0.2, 0.25) is 0 Å². The van der Waals surface area contributed by atoms with Crippen LogP contribution in [0.15, 0.2) is 28.8 Å². The van der Waals surface area contributed by atoms with Gasteiger partial charge >= 0.3 is 0 Å². The Bertz CT molecular complexity index is 890. The van der Waals surface area contributed by atoms with E-state index in [1.165, 1.54) is 0 Å². The molecule has 6 heteroatoms. The predicted octanol–water partition coefficient (Wildman–Crippen LogP) is 1.99. The maximum Gasteiger partial charge on any atom is 0.190 e. The van der Waals surface area contributed by atoms with Crippen molar-refractivity contribution in [3.8, 4) is 0 Å². The summed E-state index contributed by atoms with van der Waals surface area (Å²) in [6, 6.07) is 0. The van der Waals surface area contributed by atoms with Crippen LogP contribution < -0.4 is 0 Å². The van der Waals surface area contributed by atoms with Crippen molar-refractivity contribution in [3.05, 3.63) is 23.8 Å². The van der Waals surface area contributed by atoms with Crippen molar-refractivity contribution in [1.29, 1.82) is 0 Å². The third kappa shape index (κ3) is 2.17. The van der Waals surface area contributed by atoms with Crippen molar-refractivity contribution >= 4 is 17.5 Å². The molecule has 0 saturated heterocycles. The molecule has 0 aromatic rings. The lowest BCUT2D eigenvalue weighted by Gasteiger charge is -2.59. The van der Waals surface area contributed by atoms with E-state index in [9.17, 15) is 19.8 Å². The van der Waals surface area contributed by atoms with Crippen LogP contribution in [-0.2, 0) is 14.3 Å². The molecule has 0 bridgehead atoms. The lowest BCUT2D eigenvalue weighted by molar-refractivity contribution is -0.146. The zero-order valence-electron chi connectivity index (χ0n) is 17.2. The smallest absolute Gasteiger partial charge is 0.190 e. The fraction of sp³-hybridized carbons (Fsp3) is 0.696. The van der Waals surface area contributed by atoms with Crippen LogP contribution in [0.3, 0.4) is 0 Å². The highest BCUT2D eigenvalue weighted by Crippen LogP contribution is 2.69. The maximum absolute atomic E-state index is 13.0. The SMILES string of the molecule is CC1=NC2(C(=O)CO)C(C[C@H]3[C@@H]4CCC5=CC(=O)C=C[C@]5(C)[C@H]4[C@@H](O)C[C@@]32C)O1. The third-order valence-electron chi connectivity index (χ3n) is 8.91. The fourth-order valence-electron chi connectivity index (χ4n) is 7.81. The molecule has 1 heterocycles. The molecule has 0 radical (unpaired) electrons. The molecule has 3 saturated carbocycles. The highest BCUT2D eigenvalue weighted by atomic mass is 16.5. The first kappa shape index (κ1) is 19.2. The van der Waals surface area contributed by atoms with Gasteiger partial charge in [-0.3, -0.25) is 9.59 Å². The number of carbonyl (C=O) groups excluding carboxylic acids is 2. The number of Topliss-reactive ketones (excluding diaryl/α,β-unsaturated/α-hetero) is 1. The number of ether oxygens (including phenoxy) is 1. The number of aliphatic imine (C=N–C) groups is 1. The maximum atomic E-state index is 13.0. The van der Waals surface area contributed by atoms with Gasteiger partial charge in [0.1, 0.15) is 12.7 Å². The third-order valence-corrected chi connectivity index (χ3v) is 8.91. The molecule has 0 amide bonds. The first-order chi connectivity index (χ1) is 13.7. The van der Waals surface area contributed by atoms with E-state index < -0.39 is 23.7 Å². The standard InChI is InChI=1S/C23H29NO5/c1-12-24-23(18(28)11-25)19(29-12)9-16-15-5-4-13-8-14(26)6-7-21(13,2)20(15)17(27)10-22(16,23)3/h6-8,15-17,19-20,25,27H,4-5,9-11H2,1-3H3/t15-,16-,17-,19?,20+,21-,22-,23?/m0/s1.